The molecule has 20 heavy (non-hydrogen) atoms. The Kier molecular flexibility index (Phi) is 3.40. The van der Waals surface area contributed by atoms with Gasteiger partial charge in [0.25, 0.3) is 0 Å². The lowest BCUT2D eigenvalue weighted by atomic mass is 10.1. The number of aryl methyl sites for hydroxylation is 2. The molecule has 4 heteroatoms. The summed E-state index contributed by atoms with van der Waals surface area (Å²) in [5, 5.41) is 9.52. The van der Waals surface area contributed by atoms with Crippen molar-refractivity contribution in [1.82, 2.24) is 4.98 Å². The Morgan fingerprint density at radius 3 is 2.25 bits per heavy atom. The van der Waals surface area contributed by atoms with Crippen molar-refractivity contribution in [3.05, 3.63) is 23.0 Å². The second kappa shape index (κ2) is 5.08. The number of aromatic nitrogens is 1. The Bertz CT molecular complexity index is 520. The van der Waals surface area contributed by atoms with Crippen LogP contribution in [0, 0.1) is 25.7 Å². The van der Waals surface area contributed by atoms with Gasteiger partial charge in [-0.1, -0.05) is 0 Å². The molecule has 0 atom stereocenters. The van der Waals surface area contributed by atoms with Gasteiger partial charge in [-0.05, 0) is 57.4 Å². The molecule has 0 saturated heterocycles. The van der Waals surface area contributed by atoms with Crippen LogP contribution in [0.2, 0.25) is 0 Å². The van der Waals surface area contributed by atoms with Gasteiger partial charge < -0.3 is 10.0 Å². The average Bonchev–Trinajstić information content (AvgIpc) is 3.21. The van der Waals surface area contributed by atoms with E-state index in [-0.39, 0.29) is 0 Å². The fourth-order valence-corrected chi connectivity index (χ4v) is 2.82. The van der Waals surface area contributed by atoms with E-state index in [1.54, 1.807) is 6.92 Å². The first-order valence-corrected chi connectivity index (χ1v) is 7.51. The van der Waals surface area contributed by atoms with E-state index in [1.165, 1.54) is 25.7 Å². The summed E-state index contributed by atoms with van der Waals surface area (Å²) in [5.74, 6) is 0.648. The summed E-state index contributed by atoms with van der Waals surface area (Å²) in [6.07, 6.45) is 5.14. The zero-order chi connectivity index (χ0) is 14.3. The van der Waals surface area contributed by atoms with E-state index < -0.39 is 5.97 Å². The molecule has 108 valence electrons. The highest BCUT2D eigenvalue weighted by Gasteiger charge is 2.31. The van der Waals surface area contributed by atoms with Crippen molar-refractivity contribution in [2.24, 2.45) is 11.8 Å². The number of carboxylic acids is 1. The highest BCUT2D eigenvalue weighted by Crippen LogP contribution is 2.37. The number of carboxylic acid groups (broad SMARTS) is 1. The second-order valence-electron chi connectivity index (χ2n) is 6.34. The predicted molar refractivity (Wildman–Crippen MR) is 78.3 cm³/mol. The molecular weight excluding hydrogens is 252 g/mol. The molecule has 1 N–H and O–H groups in total. The molecule has 0 amide bonds. The Morgan fingerprint density at radius 1 is 1.25 bits per heavy atom. The minimum atomic E-state index is -0.860. The maximum absolute atomic E-state index is 11.6. The van der Waals surface area contributed by atoms with Gasteiger partial charge in [-0.15, -0.1) is 0 Å². The smallest absolute Gasteiger partial charge is 0.339 e. The molecule has 0 radical (unpaired) electrons. The normalized spacial score (nSPS) is 18.1. The molecule has 3 rings (SSSR count). The summed E-state index contributed by atoms with van der Waals surface area (Å²) in [6, 6.07) is 1.95. The molecule has 2 fully saturated rings. The topological polar surface area (TPSA) is 53.4 Å². The first-order chi connectivity index (χ1) is 9.54. The Balaban J connectivity index is 1.96. The number of aromatic carboxylic acids is 1. The minimum Gasteiger partial charge on any atom is -0.478 e. The third kappa shape index (κ3) is 2.94. The third-order valence-electron chi connectivity index (χ3n) is 4.21. The number of rotatable bonds is 6. The third-order valence-corrected chi connectivity index (χ3v) is 4.21. The van der Waals surface area contributed by atoms with Crippen LogP contribution in [0.15, 0.2) is 6.07 Å². The minimum absolute atomic E-state index is 0.386. The zero-order valence-corrected chi connectivity index (χ0v) is 12.2. The van der Waals surface area contributed by atoms with E-state index in [4.69, 9.17) is 0 Å². The van der Waals surface area contributed by atoms with Crippen molar-refractivity contribution in [2.75, 3.05) is 18.0 Å². The SMILES string of the molecule is Cc1cc(N(CC2CC2)CC2CC2)c(C(=O)O)c(C)n1. The molecule has 0 bridgehead atoms. The molecule has 0 spiro atoms. The highest BCUT2D eigenvalue weighted by atomic mass is 16.4. The van der Waals surface area contributed by atoms with Crippen LogP contribution in [0.4, 0.5) is 5.69 Å². The van der Waals surface area contributed by atoms with Gasteiger partial charge in [0.05, 0.1) is 11.4 Å². The van der Waals surface area contributed by atoms with Crippen LogP contribution in [-0.2, 0) is 0 Å². The fourth-order valence-electron chi connectivity index (χ4n) is 2.82. The van der Waals surface area contributed by atoms with Gasteiger partial charge in [0.15, 0.2) is 0 Å². The summed E-state index contributed by atoms with van der Waals surface area (Å²) in [7, 11) is 0. The molecule has 2 aliphatic carbocycles. The fraction of sp³-hybridized carbons (Fsp3) is 0.625. The summed E-state index contributed by atoms with van der Waals surface area (Å²) in [5.41, 5.74) is 2.79. The van der Waals surface area contributed by atoms with E-state index >= 15 is 0 Å². The van der Waals surface area contributed by atoms with E-state index in [9.17, 15) is 9.90 Å². The van der Waals surface area contributed by atoms with E-state index in [0.29, 0.717) is 11.3 Å². The maximum Gasteiger partial charge on any atom is 0.339 e. The molecule has 0 aliphatic heterocycles. The first kappa shape index (κ1) is 13.4. The van der Waals surface area contributed by atoms with Crippen molar-refractivity contribution < 1.29 is 9.90 Å². The van der Waals surface area contributed by atoms with Gasteiger partial charge in [0.1, 0.15) is 5.56 Å². The molecule has 1 aromatic rings. The summed E-state index contributed by atoms with van der Waals surface area (Å²) in [6.45, 7) is 5.74. The second-order valence-corrected chi connectivity index (χ2v) is 6.34. The number of anilines is 1. The van der Waals surface area contributed by atoms with Crippen molar-refractivity contribution in [3.63, 3.8) is 0 Å². The van der Waals surface area contributed by atoms with Crippen LogP contribution in [0.25, 0.3) is 0 Å². The molecular formula is C16H22N2O2. The highest BCUT2D eigenvalue weighted by molar-refractivity contribution is 5.95. The van der Waals surface area contributed by atoms with Crippen LogP contribution in [0.5, 0.6) is 0 Å². The van der Waals surface area contributed by atoms with Crippen molar-refractivity contribution in [2.45, 2.75) is 39.5 Å². The van der Waals surface area contributed by atoms with Gasteiger partial charge in [0, 0.05) is 18.8 Å². The number of carbonyl (C=O) groups is 1. The van der Waals surface area contributed by atoms with Crippen molar-refractivity contribution in [3.8, 4) is 0 Å². The predicted octanol–water partition coefficient (Wildman–Crippen LogP) is 3.02. The van der Waals surface area contributed by atoms with Gasteiger partial charge in [-0.2, -0.15) is 0 Å². The molecule has 2 aliphatic rings. The number of pyridine rings is 1. The molecule has 0 aromatic carbocycles. The number of hydrogen-bond donors (Lipinski definition) is 1. The number of hydrogen-bond acceptors (Lipinski definition) is 3. The number of nitrogens with zero attached hydrogens (tertiary/aromatic N) is 2. The van der Waals surface area contributed by atoms with Crippen LogP contribution >= 0.6 is 0 Å². The van der Waals surface area contributed by atoms with E-state index in [1.807, 2.05) is 13.0 Å². The maximum atomic E-state index is 11.6. The van der Waals surface area contributed by atoms with Gasteiger partial charge >= 0.3 is 5.97 Å². The van der Waals surface area contributed by atoms with Crippen molar-refractivity contribution in [1.29, 1.82) is 0 Å². The van der Waals surface area contributed by atoms with Gasteiger partial charge in [0.2, 0.25) is 0 Å². The van der Waals surface area contributed by atoms with Crippen LogP contribution in [-0.4, -0.2) is 29.1 Å². The Hall–Kier alpha value is -1.58. The molecule has 1 aromatic heterocycles. The summed E-state index contributed by atoms with van der Waals surface area (Å²) < 4.78 is 0. The summed E-state index contributed by atoms with van der Waals surface area (Å²) in [4.78, 5) is 18.2. The average molecular weight is 274 g/mol. The monoisotopic (exact) mass is 274 g/mol. The van der Waals surface area contributed by atoms with Gasteiger partial charge in [-0.3, -0.25) is 4.98 Å². The standard InChI is InChI=1S/C16H22N2O2/c1-10-7-14(15(16(19)20)11(2)17-10)18(8-12-3-4-12)9-13-5-6-13/h7,12-13H,3-6,8-9H2,1-2H3,(H,19,20). The van der Waals surface area contributed by atoms with Crippen molar-refractivity contribution >= 4 is 11.7 Å². The molecule has 1 heterocycles. The molecule has 4 nitrogen and oxygen atoms in total. The van der Waals surface area contributed by atoms with E-state index in [2.05, 4.69) is 9.88 Å². The zero-order valence-electron chi connectivity index (χ0n) is 12.2. The Morgan fingerprint density at radius 2 is 1.80 bits per heavy atom. The quantitative estimate of drug-likeness (QED) is 0.866. The lowest BCUT2D eigenvalue weighted by Crippen LogP contribution is -2.30. The van der Waals surface area contributed by atoms with Crippen LogP contribution in [0.3, 0.4) is 0 Å². The van der Waals surface area contributed by atoms with Crippen LogP contribution in [0.1, 0.15) is 47.4 Å². The van der Waals surface area contributed by atoms with Gasteiger partial charge in [-0.25, -0.2) is 4.79 Å². The first-order valence-electron chi connectivity index (χ1n) is 7.51. The van der Waals surface area contributed by atoms with E-state index in [0.717, 1.165) is 36.3 Å². The Labute approximate surface area is 119 Å². The lowest BCUT2D eigenvalue weighted by molar-refractivity contribution is 0.0696. The largest absolute Gasteiger partial charge is 0.478 e. The molecule has 0 unspecified atom stereocenters. The summed E-state index contributed by atoms with van der Waals surface area (Å²) >= 11 is 0. The lowest BCUT2D eigenvalue weighted by Gasteiger charge is -2.27. The van der Waals surface area contributed by atoms with Crippen LogP contribution < -0.4 is 4.90 Å². The molecule has 2 saturated carbocycles.